The Morgan fingerprint density at radius 2 is 2.00 bits per heavy atom. The third-order valence-electron chi connectivity index (χ3n) is 3.11. The lowest BCUT2D eigenvalue weighted by Gasteiger charge is -2.25. The fraction of sp³-hybridized carbons (Fsp3) is 0.412. The molecular weight excluding hydrogens is 282 g/mol. The number of methoxy groups -OCH3 is 1. The maximum Gasteiger partial charge on any atom is 0.325 e. The van der Waals surface area contributed by atoms with Gasteiger partial charge in [-0.15, -0.1) is 6.58 Å². The molecular formula is C17H23NO4. The summed E-state index contributed by atoms with van der Waals surface area (Å²) in [6, 6.07) is 9.48. The third-order valence-corrected chi connectivity index (χ3v) is 3.11. The van der Waals surface area contributed by atoms with Crippen molar-refractivity contribution in [2.75, 3.05) is 20.3 Å². The first-order chi connectivity index (χ1) is 10.6. The van der Waals surface area contributed by atoms with Crippen LogP contribution in [0.2, 0.25) is 0 Å². The van der Waals surface area contributed by atoms with E-state index in [1.54, 1.807) is 13.0 Å². The van der Waals surface area contributed by atoms with E-state index in [-0.39, 0.29) is 12.5 Å². The summed E-state index contributed by atoms with van der Waals surface area (Å²) in [5.74, 6) is -0.694. The SMILES string of the molecule is C=CCCOC(C)C(=O)N(CC(=O)OC)Cc1ccccc1. The minimum Gasteiger partial charge on any atom is -0.468 e. The molecule has 0 aliphatic carbocycles. The zero-order valence-electron chi connectivity index (χ0n) is 13.2. The van der Waals surface area contributed by atoms with Crippen molar-refractivity contribution >= 4 is 11.9 Å². The molecule has 0 aliphatic rings. The highest BCUT2D eigenvalue weighted by Gasteiger charge is 2.23. The smallest absolute Gasteiger partial charge is 0.325 e. The Bertz CT molecular complexity index is 487. The summed E-state index contributed by atoms with van der Waals surface area (Å²) in [5.41, 5.74) is 0.943. The maximum atomic E-state index is 12.5. The molecule has 0 bridgehead atoms. The van der Waals surface area contributed by atoms with Gasteiger partial charge in [0, 0.05) is 6.54 Å². The Balaban J connectivity index is 2.73. The quantitative estimate of drug-likeness (QED) is 0.398. The number of benzene rings is 1. The van der Waals surface area contributed by atoms with Gasteiger partial charge in [-0.25, -0.2) is 0 Å². The summed E-state index contributed by atoms with van der Waals surface area (Å²) in [5, 5.41) is 0. The van der Waals surface area contributed by atoms with E-state index >= 15 is 0 Å². The van der Waals surface area contributed by atoms with Crippen LogP contribution in [0.15, 0.2) is 43.0 Å². The van der Waals surface area contributed by atoms with Crippen molar-refractivity contribution in [3.05, 3.63) is 48.6 Å². The Morgan fingerprint density at radius 3 is 2.59 bits per heavy atom. The largest absolute Gasteiger partial charge is 0.468 e. The maximum absolute atomic E-state index is 12.5. The molecule has 1 amide bonds. The summed E-state index contributed by atoms with van der Waals surface area (Å²) >= 11 is 0. The van der Waals surface area contributed by atoms with E-state index in [2.05, 4.69) is 11.3 Å². The molecule has 1 aromatic carbocycles. The number of amides is 1. The number of ether oxygens (including phenoxy) is 2. The first kappa shape index (κ1) is 17.9. The monoisotopic (exact) mass is 305 g/mol. The zero-order chi connectivity index (χ0) is 16.4. The van der Waals surface area contributed by atoms with E-state index in [0.29, 0.717) is 19.6 Å². The second kappa shape index (κ2) is 9.73. The average Bonchev–Trinajstić information content (AvgIpc) is 2.54. The van der Waals surface area contributed by atoms with Gasteiger partial charge in [-0.05, 0) is 18.9 Å². The molecule has 0 saturated heterocycles. The van der Waals surface area contributed by atoms with Gasteiger partial charge in [0.15, 0.2) is 0 Å². The van der Waals surface area contributed by atoms with E-state index in [4.69, 9.17) is 4.74 Å². The van der Waals surface area contributed by atoms with Crippen molar-refractivity contribution < 1.29 is 19.1 Å². The molecule has 1 unspecified atom stereocenters. The molecule has 1 rings (SSSR count). The first-order valence-corrected chi connectivity index (χ1v) is 7.20. The highest BCUT2D eigenvalue weighted by molar-refractivity contribution is 5.84. The van der Waals surface area contributed by atoms with E-state index in [1.807, 2.05) is 30.3 Å². The van der Waals surface area contributed by atoms with Crippen LogP contribution in [0.5, 0.6) is 0 Å². The van der Waals surface area contributed by atoms with Crippen LogP contribution >= 0.6 is 0 Å². The summed E-state index contributed by atoms with van der Waals surface area (Å²) in [7, 11) is 1.30. The van der Waals surface area contributed by atoms with Crippen LogP contribution in [0.4, 0.5) is 0 Å². The number of hydrogen-bond acceptors (Lipinski definition) is 4. The van der Waals surface area contributed by atoms with Gasteiger partial charge in [0.05, 0.1) is 13.7 Å². The molecule has 22 heavy (non-hydrogen) atoms. The number of hydrogen-bond donors (Lipinski definition) is 0. The lowest BCUT2D eigenvalue weighted by Crippen LogP contribution is -2.42. The number of nitrogens with zero attached hydrogens (tertiary/aromatic N) is 1. The Morgan fingerprint density at radius 1 is 1.32 bits per heavy atom. The molecule has 0 fully saturated rings. The van der Waals surface area contributed by atoms with Crippen molar-refractivity contribution in [1.29, 1.82) is 0 Å². The summed E-state index contributed by atoms with van der Waals surface area (Å²) in [6.45, 7) is 5.95. The van der Waals surface area contributed by atoms with Gasteiger partial charge in [0.1, 0.15) is 12.6 Å². The van der Waals surface area contributed by atoms with Crippen LogP contribution in [0, 0.1) is 0 Å². The van der Waals surface area contributed by atoms with Crippen LogP contribution in [0.3, 0.4) is 0 Å². The Labute approximate surface area is 131 Å². The summed E-state index contributed by atoms with van der Waals surface area (Å²) in [4.78, 5) is 25.4. The lowest BCUT2D eigenvalue weighted by atomic mass is 10.2. The fourth-order valence-corrected chi connectivity index (χ4v) is 1.89. The predicted octanol–water partition coefficient (Wildman–Crippen LogP) is 2.17. The molecule has 5 heteroatoms. The van der Waals surface area contributed by atoms with Crippen LogP contribution < -0.4 is 0 Å². The van der Waals surface area contributed by atoms with Crippen LogP contribution in [0.1, 0.15) is 18.9 Å². The molecule has 0 aliphatic heterocycles. The number of carbonyl (C=O) groups excluding carboxylic acids is 2. The molecule has 0 radical (unpaired) electrons. The van der Waals surface area contributed by atoms with Crippen molar-refractivity contribution in [2.24, 2.45) is 0 Å². The minimum atomic E-state index is -0.617. The Kier molecular flexibility index (Phi) is 7.92. The van der Waals surface area contributed by atoms with Crippen molar-refractivity contribution in [3.63, 3.8) is 0 Å². The average molecular weight is 305 g/mol. The van der Waals surface area contributed by atoms with Crippen molar-refractivity contribution in [1.82, 2.24) is 4.90 Å². The third kappa shape index (κ3) is 6.10. The summed E-state index contributed by atoms with van der Waals surface area (Å²) in [6.07, 6.45) is 1.79. The van der Waals surface area contributed by atoms with E-state index < -0.39 is 12.1 Å². The van der Waals surface area contributed by atoms with Gasteiger partial charge in [-0.3, -0.25) is 9.59 Å². The first-order valence-electron chi connectivity index (χ1n) is 7.20. The molecule has 0 N–H and O–H groups in total. The minimum absolute atomic E-state index is 0.0978. The van der Waals surface area contributed by atoms with Crippen molar-refractivity contribution in [2.45, 2.75) is 26.0 Å². The van der Waals surface area contributed by atoms with E-state index in [1.165, 1.54) is 12.0 Å². The van der Waals surface area contributed by atoms with Gasteiger partial charge in [0.25, 0.3) is 5.91 Å². The van der Waals surface area contributed by atoms with Gasteiger partial charge >= 0.3 is 5.97 Å². The standard InChI is InChI=1S/C17H23NO4/c1-4-5-11-22-14(2)17(20)18(13-16(19)21-3)12-15-9-7-6-8-10-15/h4,6-10,14H,1,5,11-13H2,2-3H3. The predicted molar refractivity (Wildman–Crippen MR) is 84.1 cm³/mol. The highest BCUT2D eigenvalue weighted by Crippen LogP contribution is 2.08. The molecule has 0 spiro atoms. The molecule has 0 heterocycles. The van der Waals surface area contributed by atoms with Crippen LogP contribution in [0.25, 0.3) is 0 Å². The highest BCUT2D eigenvalue weighted by atomic mass is 16.5. The van der Waals surface area contributed by atoms with Gasteiger partial charge in [-0.2, -0.15) is 0 Å². The normalized spacial score (nSPS) is 11.5. The van der Waals surface area contributed by atoms with Crippen LogP contribution in [-0.4, -0.2) is 43.1 Å². The molecule has 1 atom stereocenters. The van der Waals surface area contributed by atoms with E-state index in [9.17, 15) is 9.59 Å². The summed E-state index contributed by atoms with van der Waals surface area (Å²) < 4.78 is 10.1. The number of carbonyl (C=O) groups is 2. The molecule has 1 aromatic rings. The Hall–Kier alpha value is -2.14. The molecule has 0 saturated carbocycles. The second-order valence-electron chi connectivity index (χ2n) is 4.85. The second-order valence-corrected chi connectivity index (χ2v) is 4.85. The number of esters is 1. The molecule has 5 nitrogen and oxygen atoms in total. The van der Waals surface area contributed by atoms with Gasteiger partial charge in [-0.1, -0.05) is 36.4 Å². The van der Waals surface area contributed by atoms with Gasteiger partial charge in [0.2, 0.25) is 0 Å². The van der Waals surface area contributed by atoms with Crippen molar-refractivity contribution in [3.8, 4) is 0 Å². The number of rotatable bonds is 9. The fourth-order valence-electron chi connectivity index (χ4n) is 1.89. The zero-order valence-corrected chi connectivity index (χ0v) is 13.2. The topological polar surface area (TPSA) is 55.8 Å². The lowest BCUT2D eigenvalue weighted by molar-refractivity contribution is -0.152. The van der Waals surface area contributed by atoms with Gasteiger partial charge < -0.3 is 14.4 Å². The van der Waals surface area contributed by atoms with E-state index in [0.717, 1.165) is 5.56 Å². The van der Waals surface area contributed by atoms with Crippen LogP contribution in [-0.2, 0) is 25.6 Å². The molecule has 120 valence electrons. The molecule has 0 aromatic heterocycles.